The first-order chi connectivity index (χ1) is 34.9. The van der Waals surface area contributed by atoms with E-state index in [1.807, 2.05) is 59.7 Å². The van der Waals surface area contributed by atoms with Gasteiger partial charge >= 0.3 is 0 Å². The summed E-state index contributed by atoms with van der Waals surface area (Å²) in [5.74, 6) is 2.74. The number of fused-ring (bicyclic) bond motifs is 1. The minimum Gasteiger partial charge on any atom is -0.368 e. The van der Waals surface area contributed by atoms with Crippen molar-refractivity contribution < 1.29 is 38.4 Å². The first kappa shape index (κ1) is 56.2. The molecule has 2 aliphatic heterocycles. The molecule has 0 bridgehead atoms. The smallest absolute Gasteiger partial charge is 0.251 e. The van der Waals surface area contributed by atoms with Gasteiger partial charge in [0.05, 0.1) is 18.1 Å². The van der Waals surface area contributed by atoms with Gasteiger partial charge in [0, 0.05) is 47.4 Å². The van der Waals surface area contributed by atoms with E-state index in [0.717, 1.165) is 24.8 Å². The largest absolute Gasteiger partial charge is 0.368 e. The number of hydrogen-bond donors (Lipinski definition) is 8. The molecule has 9 atom stereocenters. The number of carbonyl (C=O) groups is 8. The summed E-state index contributed by atoms with van der Waals surface area (Å²) in [6.07, 6.45) is 2.87. The van der Waals surface area contributed by atoms with Crippen molar-refractivity contribution in [1.82, 2.24) is 47.0 Å². The molecule has 18 heteroatoms. The van der Waals surface area contributed by atoms with Crippen LogP contribution in [0, 0.1) is 22.7 Å². The quantitative estimate of drug-likeness (QED) is 0.103. The van der Waals surface area contributed by atoms with Gasteiger partial charge in [-0.05, 0) is 131 Å². The van der Waals surface area contributed by atoms with Crippen molar-refractivity contribution >= 4 is 47.3 Å². The Labute approximate surface area is 434 Å². The minimum absolute atomic E-state index is 0.0270. The zero-order valence-electron chi connectivity index (χ0n) is 44.3. The Balaban J connectivity index is 1.09. The fraction of sp³-hybridized carbons (Fsp3) is 0.500. The van der Waals surface area contributed by atoms with Gasteiger partial charge < -0.3 is 52.8 Å². The summed E-state index contributed by atoms with van der Waals surface area (Å²) in [4.78, 5) is 111. The Kier molecular flexibility index (Phi) is 18.1. The number of likely N-dealkylation sites (N-methyl/N-ethyl adjacent to an activating group) is 2. The third kappa shape index (κ3) is 13.7. The van der Waals surface area contributed by atoms with E-state index in [0.29, 0.717) is 22.3 Å². The number of nitrogens with zero attached hydrogens (tertiary/aromatic N) is 2. The molecule has 396 valence electrons. The Morgan fingerprint density at radius 3 is 1.47 bits per heavy atom. The maximum absolute atomic E-state index is 14.5. The summed E-state index contributed by atoms with van der Waals surface area (Å²) in [7, 11) is 3.30. The van der Waals surface area contributed by atoms with Gasteiger partial charge in [-0.15, -0.1) is 0 Å². The molecule has 0 radical (unpaired) electrons. The lowest BCUT2D eigenvalue weighted by Gasteiger charge is -2.36. The van der Waals surface area contributed by atoms with Crippen LogP contribution in [0.15, 0.2) is 72.8 Å². The maximum atomic E-state index is 14.5. The lowest BCUT2D eigenvalue weighted by Crippen LogP contribution is -2.59. The van der Waals surface area contributed by atoms with Crippen LogP contribution in [-0.2, 0) is 35.2 Å². The van der Waals surface area contributed by atoms with E-state index in [4.69, 9.17) is 5.73 Å². The number of nitrogens with one attached hydrogen (secondary N) is 7. The second-order valence-corrected chi connectivity index (χ2v) is 21.9. The van der Waals surface area contributed by atoms with Crippen LogP contribution in [0.2, 0.25) is 0 Å². The summed E-state index contributed by atoms with van der Waals surface area (Å²) >= 11 is 0. The Bertz CT molecular complexity index is 2650. The molecule has 0 aromatic heterocycles. The molecule has 18 nitrogen and oxygen atoms in total. The molecule has 2 fully saturated rings. The van der Waals surface area contributed by atoms with Crippen LogP contribution < -0.4 is 43.0 Å². The molecule has 3 aliphatic rings. The van der Waals surface area contributed by atoms with Gasteiger partial charge in [-0.25, -0.2) is 0 Å². The highest BCUT2D eigenvalue weighted by molar-refractivity contribution is 5.98. The molecule has 8 amide bonds. The van der Waals surface area contributed by atoms with Crippen LogP contribution in [-0.4, -0.2) is 133 Å². The van der Waals surface area contributed by atoms with Crippen LogP contribution in [0.4, 0.5) is 0 Å². The molecule has 3 aromatic rings. The zero-order valence-corrected chi connectivity index (χ0v) is 44.3. The number of carbonyl (C=O) groups excluding carboxylic acids is 8. The van der Waals surface area contributed by atoms with Crippen molar-refractivity contribution in [2.45, 2.75) is 142 Å². The van der Waals surface area contributed by atoms with Gasteiger partial charge in [-0.2, -0.15) is 0 Å². The Morgan fingerprint density at radius 1 is 0.608 bits per heavy atom. The summed E-state index contributed by atoms with van der Waals surface area (Å²) in [6, 6.07) is 15.1. The molecular formula is C56H74N10O8. The van der Waals surface area contributed by atoms with E-state index in [2.05, 4.69) is 55.1 Å². The average molecular weight is 1020 g/mol. The number of rotatable bonds is 15. The summed E-state index contributed by atoms with van der Waals surface area (Å²) in [6.45, 7) is 14.5. The van der Waals surface area contributed by atoms with E-state index in [-0.39, 0.29) is 55.6 Å². The highest BCUT2D eigenvalue weighted by Crippen LogP contribution is 2.32. The minimum atomic E-state index is -0.979. The van der Waals surface area contributed by atoms with Gasteiger partial charge in [0.25, 0.3) is 11.8 Å². The topological polar surface area (TPSA) is 253 Å². The van der Waals surface area contributed by atoms with Crippen molar-refractivity contribution in [2.75, 3.05) is 27.2 Å². The van der Waals surface area contributed by atoms with Crippen LogP contribution in [0.1, 0.15) is 130 Å². The predicted molar refractivity (Wildman–Crippen MR) is 281 cm³/mol. The van der Waals surface area contributed by atoms with Crippen molar-refractivity contribution in [3.05, 3.63) is 106 Å². The first-order valence-corrected chi connectivity index (χ1v) is 25.5. The number of amides is 8. The molecule has 9 unspecified atom stereocenters. The number of aryl methyl sites for hydroxylation is 1. The second kappa shape index (κ2) is 23.8. The van der Waals surface area contributed by atoms with E-state index >= 15 is 0 Å². The van der Waals surface area contributed by atoms with Gasteiger partial charge in [0.1, 0.15) is 24.2 Å². The normalized spacial score (nSPS) is 21.1. The zero-order chi connectivity index (χ0) is 54.2. The van der Waals surface area contributed by atoms with Gasteiger partial charge in [0.15, 0.2) is 0 Å². The van der Waals surface area contributed by atoms with E-state index in [1.54, 1.807) is 76.5 Å². The van der Waals surface area contributed by atoms with Gasteiger partial charge in [0.2, 0.25) is 35.4 Å². The molecule has 2 heterocycles. The highest BCUT2D eigenvalue weighted by Gasteiger charge is 2.47. The third-order valence-corrected chi connectivity index (χ3v) is 14.3. The van der Waals surface area contributed by atoms with Crippen LogP contribution in [0.3, 0.4) is 0 Å². The Morgan fingerprint density at radius 2 is 1.04 bits per heavy atom. The molecule has 2 saturated heterocycles. The lowest BCUT2D eigenvalue weighted by molar-refractivity contribution is -0.144. The lowest BCUT2D eigenvalue weighted by atomic mass is 9.85. The van der Waals surface area contributed by atoms with Crippen LogP contribution in [0.5, 0.6) is 0 Å². The molecule has 74 heavy (non-hydrogen) atoms. The number of primary amides is 1. The van der Waals surface area contributed by atoms with E-state index < -0.39 is 82.8 Å². The predicted octanol–water partition coefficient (Wildman–Crippen LogP) is 2.44. The molecule has 9 N–H and O–H groups in total. The summed E-state index contributed by atoms with van der Waals surface area (Å²) in [5, 5.41) is 20.7. The maximum Gasteiger partial charge on any atom is 0.251 e. The monoisotopic (exact) mass is 1010 g/mol. The molecule has 1 aliphatic carbocycles. The Hall–Kier alpha value is -7.10. The summed E-state index contributed by atoms with van der Waals surface area (Å²) < 4.78 is 0. The molecular weight excluding hydrogens is 941 g/mol. The fourth-order valence-electron chi connectivity index (χ4n) is 9.58. The number of nitrogens with two attached hydrogens (primary N) is 1. The van der Waals surface area contributed by atoms with E-state index in [1.165, 1.54) is 15.4 Å². The van der Waals surface area contributed by atoms with Crippen LogP contribution >= 0.6 is 0 Å². The molecule has 3 aromatic carbocycles. The van der Waals surface area contributed by atoms with Crippen molar-refractivity contribution in [3.8, 4) is 11.8 Å². The highest BCUT2D eigenvalue weighted by atomic mass is 16.2. The van der Waals surface area contributed by atoms with Crippen LogP contribution in [0.25, 0.3) is 0 Å². The first-order valence-electron chi connectivity index (χ1n) is 25.5. The van der Waals surface area contributed by atoms with Crippen molar-refractivity contribution in [3.63, 3.8) is 0 Å². The summed E-state index contributed by atoms with van der Waals surface area (Å²) in [5.41, 5.74) is 8.51. The molecule has 6 rings (SSSR count). The standard InChI is InChI=1S/C56H74N10O8/c1-32(58-9)48(68)63-45(55(3,4)5)53(73)65-30-39(28-43(65)47(57)67)60-50(70)37-24-20-34(21-25-37)18-19-35-22-26-38(27-23-35)51(71)61-40-29-44(52(72)62-42-17-13-15-36-14-11-12-16-41(36)42)66(31-40)54(74)46(56(6,7)8)64-49(69)33(2)59-10/h11-12,14,16,20-27,32-33,39-40,42-46,58-59H,13,15,17,28-31H2,1-10H3,(H2,57,67)(H,60,70)(H,61,71)(H,62,72)(H,63,68)(H,64,69). The second-order valence-electron chi connectivity index (χ2n) is 21.9. The number of likely N-dealkylation sites (tertiary alicyclic amines) is 2. The molecule has 0 saturated carbocycles. The van der Waals surface area contributed by atoms with E-state index in [9.17, 15) is 38.4 Å². The van der Waals surface area contributed by atoms with Gasteiger partial charge in [-0.3, -0.25) is 38.4 Å². The van der Waals surface area contributed by atoms with Gasteiger partial charge in [-0.1, -0.05) is 77.6 Å². The SMILES string of the molecule is CNC(C)C(=O)NC(C(=O)N1CC(NC(=O)c2ccc(C#Cc3ccc(C(=O)NC4CC(C(=O)NC5CCCc6ccccc65)N(C(=O)C(NC(=O)C(C)NC)C(C)(C)C)C4)cc3)cc2)CC1C(N)=O)C(C)(C)C. The third-order valence-electron chi connectivity index (χ3n) is 14.3. The van der Waals surface area contributed by atoms with Crippen molar-refractivity contribution in [1.29, 1.82) is 0 Å². The number of benzene rings is 3. The fourth-order valence-corrected chi connectivity index (χ4v) is 9.58. The average Bonchev–Trinajstić information content (AvgIpc) is 4.00. The van der Waals surface area contributed by atoms with Crippen molar-refractivity contribution in [2.24, 2.45) is 16.6 Å². The molecule has 0 spiro atoms. The number of hydrogen-bond acceptors (Lipinski definition) is 10.